The van der Waals surface area contributed by atoms with E-state index in [0.717, 1.165) is 49.3 Å². The molecule has 42 heavy (non-hydrogen) atoms. The molecule has 2 saturated heterocycles. The van der Waals surface area contributed by atoms with Gasteiger partial charge in [0.05, 0.1) is 11.1 Å². The first kappa shape index (κ1) is 28.7. The fourth-order valence-electron chi connectivity index (χ4n) is 7.05. The Morgan fingerprint density at radius 2 is 1.88 bits per heavy atom. The smallest absolute Gasteiger partial charge is 0.320 e. The van der Waals surface area contributed by atoms with E-state index in [1.165, 1.54) is 40.4 Å². The van der Waals surface area contributed by atoms with Crippen LogP contribution in [0.15, 0.2) is 30.9 Å². The van der Waals surface area contributed by atoms with E-state index in [1.807, 2.05) is 4.90 Å². The van der Waals surface area contributed by atoms with Crippen molar-refractivity contribution in [2.24, 2.45) is 7.05 Å². The van der Waals surface area contributed by atoms with Crippen LogP contribution in [0, 0.1) is 0 Å². The van der Waals surface area contributed by atoms with Crippen LogP contribution in [0.1, 0.15) is 49.3 Å². The summed E-state index contributed by atoms with van der Waals surface area (Å²) in [7, 11) is 6.51. The summed E-state index contributed by atoms with van der Waals surface area (Å²) in [5.74, 6) is 1.15. The fraction of sp³-hybridized carbons (Fsp3) is 0.545. The third-order valence-corrected chi connectivity index (χ3v) is 9.47. The van der Waals surface area contributed by atoms with Gasteiger partial charge in [-0.2, -0.15) is 9.97 Å². The molecule has 0 saturated carbocycles. The summed E-state index contributed by atoms with van der Waals surface area (Å²) in [5.41, 5.74) is 7.52. The Bertz CT molecular complexity index is 1490. The Hall–Kier alpha value is -3.43. The summed E-state index contributed by atoms with van der Waals surface area (Å²) in [4.78, 5) is 31.5. The maximum absolute atomic E-state index is 12.3. The van der Waals surface area contributed by atoms with Gasteiger partial charge in [-0.25, -0.2) is 0 Å². The van der Waals surface area contributed by atoms with E-state index in [-0.39, 0.29) is 11.8 Å². The van der Waals surface area contributed by atoms with Crippen molar-refractivity contribution in [3.63, 3.8) is 0 Å². The number of rotatable bonds is 7. The zero-order valence-corrected chi connectivity index (χ0v) is 25.9. The zero-order chi connectivity index (χ0) is 29.5. The molecule has 3 aliphatic heterocycles. The molecule has 3 aliphatic rings. The molecule has 0 unspecified atom stereocenters. The summed E-state index contributed by atoms with van der Waals surface area (Å²) in [6.07, 6.45) is 4.79. The van der Waals surface area contributed by atoms with Crippen LogP contribution in [-0.4, -0.2) is 101 Å². The Morgan fingerprint density at radius 3 is 2.57 bits per heavy atom. The van der Waals surface area contributed by atoms with E-state index < -0.39 is 0 Å². The molecule has 2 aromatic heterocycles. The van der Waals surface area contributed by atoms with E-state index in [1.54, 1.807) is 0 Å². The van der Waals surface area contributed by atoms with Gasteiger partial charge in [0, 0.05) is 57.9 Å². The van der Waals surface area contributed by atoms with Crippen molar-refractivity contribution in [1.82, 2.24) is 29.2 Å². The van der Waals surface area contributed by atoms with Crippen molar-refractivity contribution < 1.29 is 9.53 Å². The summed E-state index contributed by atoms with van der Waals surface area (Å²) in [6.45, 7) is 14.6. The number of carbonyl (C=O) groups is 1. The van der Waals surface area contributed by atoms with Gasteiger partial charge in [0.2, 0.25) is 5.91 Å². The topological polar surface area (TPSA) is 70.0 Å². The predicted molar refractivity (Wildman–Crippen MR) is 168 cm³/mol. The number of likely N-dealkylation sites (tertiary alicyclic amines) is 1. The Labute approximate surface area is 249 Å². The number of benzene rings is 1. The number of piperazine rings is 1. The van der Waals surface area contributed by atoms with Crippen molar-refractivity contribution in [2.75, 3.05) is 64.9 Å². The molecule has 5 heterocycles. The average Bonchev–Trinajstić information content (AvgIpc) is 3.54. The second-order valence-corrected chi connectivity index (χ2v) is 12.5. The largest absolute Gasteiger partial charge is 0.462 e. The number of fused-ring (bicyclic) bond motifs is 2. The van der Waals surface area contributed by atoms with Crippen LogP contribution < -0.4 is 9.64 Å². The van der Waals surface area contributed by atoms with E-state index in [0.29, 0.717) is 44.8 Å². The molecule has 0 N–H and O–H groups in total. The zero-order valence-electron chi connectivity index (χ0n) is 25.9. The highest BCUT2D eigenvalue weighted by Gasteiger charge is 2.31. The molecular weight excluding hydrogens is 526 g/mol. The molecule has 3 aromatic rings. The predicted octanol–water partition coefficient (Wildman–Crippen LogP) is 4.05. The van der Waals surface area contributed by atoms with Crippen molar-refractivity contribution in [3.05, 3.63) is 47.5 Å². The lowest BCUT2D eigenvalue weighted by atomic mass is 9.89. The number of aryl methyl sites for hydroxylation is 1. The van der Waals surface area contributed by atoms with Gasteiger partial charge in [0.1, 0.15) is 18.1 Å². The van der Waals surface area contributed by atoms with Gasteiger partial charge >= 0.3 is 6.01 Å². The van der Waals surface area contributed by atoms with Crippen LogP contribution in [0.5, 0.6) is 6.01 Å². The summed E-state index contributed by atoms with van der Waals surface area (Å²) in [5, 5.41) is 1.10. The van der Waals surface area contributed by atoms with Crippen molar-refractivity contribution >= 4 is 22.8 Å². The van der Waals surface area contributed by atoms with Gasteiger partial charge in [-0.3, -0.25) is 4.79 Å². The lowest BCUT2D eigenvalue weighted by molar-refractivity contribution is -0.126. The first-order chi connectivity index (χ1) is 20.3. The van der Waals surface area contributed by atoms with Crippen LogP contribution in [0.3, 0.4) is 0 Å². The molecular formula is C33H45N7O2. The minimum Gasteiger partial charge on any atom is -0.462 e. The fourth-order valence-corrected chi connectivity index (χ4v) is 7.05. The third-order valence-electron chi connectivity index (χ3n) is 9.47. The van der Waals surface area contributed by atoms with E-state index in [2.05, 4.69) is 79.0 Å². The molecule has 1 amide bonds. The lowest BCUT2D eigenvalue weighted by Crippen LogP contribution is -2.48. The normalized spacial score (nSPS) is 20.0. The first-order valence-electron chi connectivity index (χ1n) is 15.5. The average molecular weight is 572 g/mol. The van der Waals surface area contributed by atoms with Crippen LogP contribution in [0.4, 0.5) is 5.82 Å². The highest BCUT2D eigenvalue weighted by molar-refractivity contribution is 5.98. The third kappa shape index (κ3) is 5.17. The number of likely N-dealkylation sites (N-methyl/N-ethyl adjacent to an activating group) is 2. The molecule has 9 heteroatoms. The van der Waals surface area contributed by atoms with Crippen LogP contribution in [-0.2, 0) is 24.8 Å². The van der Waals surface area contributed by atoms with Gasteiger partial charge in [-0.1, -0.05) is 38.6 Å². The lowest BCUT2D eigenvalue weighted by Gasteiger charge is -2.35. The molecule has 6 rings (SSSR count). The second kappa shape index (κ2) is 11.7. The SMILES string of the molecule is C=CC(=O)N1CCN(c2nc(OC[C@@H]3CCCN3C)nc3c2c(C(C)C)c(-c2cccc4c2CN(C)CC4)n3C)CC1. The summed E-state index contributed by atoms with van der Waals surface area (Å²) < 4.78 is 8.63. The maximum atomic E-state index is 12.3. The molecule has 9 nitrogen and oxygen atoms in total. The van der Waals surface area contributed by atoms with Crippen LogP contribution in [0.25, 0.3) is 22.3 Å². The van der Waals surface area contributed by atoms with E-state index in [9.17, 15) is 4.79 Å². The number of carbonyl (C=O) groups excluding carboxylic acids is 1. The van der Waals surface area contributed by atoms with E-state index in [4.69, 9.17) is 14.7 Å². The Balaban J connectivity index is 1.49. The number of hydrogen-bond donors (Lipinski definition) is 0. The molecule has 0 aliphatic carbocycles. The number of anilines is 1. The molecule has 1 atom stereocenters. The van der Waals surface area contributed by atoms with Gasteiger partial charge < -0.3 is 28.9 Å². The van der Waals surface area contributed by atoms with Gasteiger partial charge in [-0.05, 0) is 68.6 Å². The first-order valence-corrected chi connectivity index (χ1v) is 15.5. The molecule has 1 aromatic carbocycles. The number of ether oxygens (including phenoxy) is 1. The van der Waals surface area contributed by atoms with Gasteiger partial charge in [0.25, 0.3) is 0 Å². The molecule has 0 bridgehead atoms. The standard InChI is InChI=1S/C33H45N7O2/c1-7-27(41)39-16-18-40(19-17-39)32-29-28(22(2)3)30(25-12-8-10-23-13-15-36(4)20-26(23)25)38(6)31(29)34-33(35-32)42-21-24-11-9-14-37(24)5/h7-8,10,12,22,24H,1,9,11,13-21H2,2-6H3/t24-/m0/s1. The number of nitrogens with zero attached hydrogens (tertiary/aromatic N) is 7. The number of amides is 1. The maximum Gasteiger partial charge on any atom is 0.320 e. The van der Waals surface area contributed by atoms with Crippen molar-refractivity contribution in [2.45, 2.75) is 51.6 Å². The highest BCUT2D eigenvalue weighted by Crippen LogP contribution is 2.43. The van der Waals surface area contributed by atoms with Crippen LogP contribution >= 0.6 is 0 Å². The molecule has 224 valence electrons. The molecule has 2 fully saturated rings. The van der Waals surface area contributed by atoms with Crippen molar-refractivity contribution in [1.29, 1.82) is 0 Å². The van der Waals surface area contributed by atoms with Crippen molar-refractivity contribution in [3.8, 4) is 17.3 Å². The number of aromatic nitrogens is 3. The second-order valence-electron chi connectivity index (χ2n) is 12.5. The summed E-state index contributed by atoms with van der Waals surface area (Å²) >= 11 is 0. The minimum absolute atomic E-state index is 0.0177. The monoisotopic (exact) mass is 571 g/mol. The Morgan fingerprint density at radius 1 is 1.10 bits per heavy atom. The minimum atomic E-state index is -0.0177. The quantitative estimate of drug-likeness (QED) is 0.396. The van der Waals surface area contributed by atoms with E-state index >= 15 is 0 Å². The van der Waals surface area contributed by atoms with Gasteiger partial charge in [0.15, 0.2) is 0 Å². The highest BCUT2D eigenvalue weighted by atomic mass is 16.5. The van der Waals surface area contributed by atoms with Gasteiger partial charge in [-0.15, -0.1) is 0 Å². The molecule has 0 radical (unpaired) electrons. The molecule has 0 spiro atoms. The van der Waals surface area contributed by atoms with Crippen LogP contribution in [0.2, 0.25) is 0 Å². The number of hydrogen-bond acceptors (Lipinski definition) is 7. The summed E-state index contributed by atoms with van der Waals surface area (Å²) in [6, 6.07) is 7.57. The Kier molecular flexibility index (Phi) is 7.98.